The van der Waals surface area contributed by atoms with E-state index in [2.05, 4.69) is 15.6 Å². The maximum absolute atomic E-state index is 11.6. The summed E-state index contributed by atoms with van der Waals surface area (Å²) < 4.78 is 0. The fourth-order valence-corrected chi connectivity index (χ4v) is 1.34. The van der Waals surface area contributed by atoms with Crippen molar-refractivity contribution in [3.05, 3.63) is 54.2 Å². The zero-order chi connectivity index (χ0) is 12.8. The lowest BCUT2D eigenvalue weighted by Gasteiger charge is -2.06. The van der Waals surface area contributed by atoms with E-state index in [0.29, 0.717) is 17.1 Å². The Morgan fingerprint density at radius 2 is 1.89 bits per heavy atom. The minimum Gasteiger partial charge on any atom is -0.308 e. The number of nitrogens with zero attached hydrogens (tertiary/aromatic N) is 2. The highest BCUT2D eigenvalue weighted by molar-refractivity contribution is 5.99. The molecule has 0 fully saturated rings. The molecule has 0 unspecified atom stereocenters. The van der Waals surface area contributed by atoms with Crippen molar-refractivity contribution in [3.8, 4) is 6.07 Å². The highest BCUT2D eigenvalue weighted by Gasteiger charge is 2.02. The van der Waals surface area contributed by atoms with Crippen LogP contribution >= 0.6 is 0 Å². The molecular formula is C13H10N4O. The Morgan fingerprint density at radius 1 is 1.11 bits per heavy atom. The number of carbonyl (C=O) groups is 1. The summed E-state index contributed by atoms with van der Waals surface area (Å²) in [6.07, 6.45) is 1.59. The molecular weight excluding hydrogens is 228 g/mol. The molecule has 0 aliphatic carbocycles. The van der Waals surface area contributed by atoms with E-state index in [0.717, 1.165) is 0 Å². The fourth-order valence-electron chi connectivity index (χ4n) is 1.34. The van der Waals surface area contributed by atoms with Gasteiger partial charge in [0.1, 0.15) is 5.82 Å². The third-order valence-corrected chi connectivity index (χ3v) is 2.18. The summed E-state index contributed by atoms with van der Waals surface area (Å²) in [4.78, 5) is 15.6. The Hall–Kier alpha value is -2.87. The molecule has 5 heteroatoms. The number of carbonyl (C=O) groups excluding carboxylic acids is 1. The number of anilines is 2. The van der Waals surface area contributed by atoms with E-state index in [1.54, 1.807) is 48.7 Å². The van der Waals surface area contributed by atoms with E-state index in [9.17, 15) is 4.79 Å². The van der Waals surface area contributed by atoms with Crippen LogP contribution in [0.25, 0.3) is 0 Å². The molecule has 0 aliphatic rings. The van der Waals surface area contributed by atoms with Gasteiger partial charge in [-0.3, -0.25) is 5.32 Å². The van der Waals surface area contributed by atoms with E-state index >= 15 is 0 Å². The highest BCUT2D eigenvalue weighted by Crippen LogP contribution is 2.09. The van der Waals surface area contributed by atoms with Crippen LogP contribution in [0.4, 0.5) is 16.3 Å². The van der Waals surface area contributed by atoms with Crippen molar-refractivity contribution in [2.75, 3.05) is 10.6 Å². The van der Waals surface area contributed by atoms with Crippen LogP contribution in [0.2, 0.25) is 0 Å². The first-order valence-corrected chi connectivity index (χ1v) is 5.27. The van der Waals surface area contributed by atoms with Gasteiger partial charge < -0.3 is 5.32 Å². The van der Waals surface area contributed by atoms with E-state index in [4.69, 9.17) is 5.26 Å². The number of nitrogens with one attached hydrogen (secondary N) is 2. The van der Waals surface area contributed by atoms with Crippen molar-refractivity contribution in [1.29, 1.82) is 5.26 Å². The molecule has 18 heavy (non-hydrogen) atoms. The predicted molar refractivity (Wildman–Crippen MR) is 68.0 cm³/mol. The molecule has 88 valence electrons. The topological polar surface area (TPSA) is 77.8 Å². The molecule has 0 radical (unpaired) electrons. The Bertz CT molecular complexity index is 572. The van der Waals surface area contributed by atoms with Crippen molar-refractivity contribution in [3.63, 3.8) is 0 Å². The Morgan fingerprint density at radius 3 is 2.50 bits per heavy atom. The second kappa shape index (κ2) is 5.46. The molecule has 0 bridgehead atoms. The van der Waals surface area contributed by atoms with Crippen molar-refractivity contribution >= 4 is 17.5 Å². The van der Waals surface area contributed by atoms with Gasteiger partial charge >= 0.3 is 6.03 Å². The summed E-state index contributed by atoms with van der Waals surface area (Å²) in [6, 6.07) is 13.5. The van der Waals surface area contributed by atoms with E-state index < -0.39 is 0 Å². The van der Waals surface area contributed by atoms with Crippen LogP contribution in [0, 0.1) is 11.3 Å². The van der Waals surface area contributed by atoms with Gasteiger partial charge in [0.05, 0.1) is 11.6 Å². The van der Waals surface area contributed by atoms with Gasteiger partial charge in [0.15, 0.2) is 0 Å². The van der Waals surface area contributed by atoms with Gasteiger partial charge in [-0.05, 0) is 36.4 Å². The molecule has 0 saturated heterocycles. The van der Waals surface area contributed by atoms with Crippen LogP contribution in [0.3, 0.4) is 0 Å². The zero-order valence-electron chi connectivity index (χ0n) is 9.42. The molecule has 0 spiro atoms. The van der Waals surface area contributed by atoms with Crippen LogP contribution in [0.15, 0.2) is 48.7 Å². The van der Waals surface area contributed by atoms with Gasteiger partial charge in [0, 0.05) is 11.9 Å². The highest BCUT2D eigenvalue weighted by atomic mass is 16.2. The normalized spacial score (nSPS) is 9.28. The van der Waals surface area contributed by atoms with E-state index in [1.165, 1.54) is 0 Å². The van der Waals surface area contributed by atoms with Crippen LogP contribution in [0.5, 0.6) is 0 Å². The standard InChI is InChI=1S/C13H10N4O/c14-9-10-4-6-11(7-5-10)16-13(18)17-12-3-1-2-8-15-12/h1-8H,(H2,15,16,17,18). The first kappa shape index (κ1) is 11.6. The molecule has 5 nitrogen and oxygen atoms in total. The minimum absolute atomic E-state index is 0.376. The van der Waals surface area contributed by atoms with Gasteiger partial charge in [-0.1, -0.05) is 6.07 Å². The second-order valence-corrected chi connectivity index (χ2v) is 3.48. The van der Waals surface area contributed by atoms with Gasteiger partial charge in [0.2, 0.25) is 0 Å². The molecule has 1 heterocycles. The average Bonchev–Trinajstić information content (AvgIpc) is 2.40. The number of urea groups is 1. The zero-order valence-corrected chi connectivity index (χ0v) is 9.42. The molecule has 1 aromatic heterocycles. The summed E-state index contributed by atoms with van der Waals surface area (Å²) in [5.74, 6) is 0.476. The number of hydrogen-bond acceptors (Lipinski definition) is 3. The average molecular weight is 238 g/mol. The SMILES string of the molecule is N#Cc1ccc(NC(=O)Nc2ccccn2)cc1. The molecule has 1 aromatic carbocycles. The van der Waals surface area contributed by atoms with E-state index in [1.807, 2.05) is 6.07 Å². The molecule has 0 saturated carbocycles. The number of hydrogen-bond donors (Lipinski definition) is 2. The number of nitriles is 1. The number of rotatable bonds is 2. The predicted octanol–water partition coefficient (Wildman–Crippen LogP) is 2.60. The van der Waals surface area contributed by atoms with Crippen molar-refractivity contribution < 1.29 is 4.79 Å². The third kappa shape index (κ3) is 3.06. The molecule has 0 atom stereocenters. The molecule has 2 N–H and O–H groups in total. The smallest absolute Gasteiger partial charge is 0.308 e. The Balaban J connectivity index is 1.97. The second-order valence-electron chi connectivity index (χ2n) is 3.48. The van der Waals surface area contributed by atoms with Crippen molar-refractivity contribution in [2.24, 2.45) is 0 Å². The number of benzene rings is 1. The molecule has 2 rings (SSSR count). The fraction of sp³-hybridized carbons (Fsp3) is 0. The number of pyridine rings is 1. The van der Waals surface area contributed by atoms with Crippen molar-refractivity contribution in [2.45, 2.75) is 0 Å². The van der Waals surface area contributed by atoms with Gasteiger partial charge in [-0.25, -0.2) is 9.78 Å². The summed E-state index contributed by atoms with van der Waals surface area (Å²) in [5, 5.41) is 13.9. The van der Waals surface area contributed by atoms with Crippen LogP contribution < -0.4 is 10.6 Å². The Labute approximate surface area is 104 Å². The van der Waals surface area contributed by atoms with Gasteiger partial charge in [0.25, 0.3) is 0 Å². The number of amides is 2. The van der Waals surface area contributed by atoms with Crippen LogP contribution in [0.1, 0.15) is 5.56 Å². The lowest BCUT2D eigenvalue weighted by molar-refractivity contribution is 0.262. The summed E-state index contributed by atoms with van der Waals surface area (Å²) >= 11 is 0. The third-order valence-electron chi connectivity index (χ3n) is 2.18. The quantitative estimate of drug-likeness (QED) is 0.844. The molecule has 0 aliphatic heterocycles. The first-order valence-electron chi connectivity index (χ1n) is 5.27. The monoisotopic (exact) mass is 238 g/mol. The maximum atomic E-state index is 11.6. The lowest BCUT2D eigenvalue weighted by atomic mass is 10.2. The van der Waals surface area contributed by atoms with Gasteiger partial charge in [-0.15, -0.1) is 0 Å². The summed E-state index contributed by atoms with van der Waals surface area (Å²) in [6.45, 7) is 0. The minimum atomic E-state index is -0.376. The van der Waals surface area contributed by atoms with Crippen molar-refractivity contribution in [1.82, 2.24) is 4.98 Å². The number of aromatic nitrogens is 1. The first-order chi connectivity index (χ1) is 8.78. The summed E-state index contributed by atoms with van der Waals surface area (Å²) in [7, 11) is 0. The maximum Gasteiger partial charge on any atom is 0.324 e. The Kier molecular flexibility index (Phi) is 3.52. The largest absolute Gasteiger partial charge is 0.324 e. The van der Waals surface area contributed by atoms with E-state index in [-0.39, 0.29) is 6.03 Å². The molecule has 2 amide bonds. The summed E-state index contributed by atoms with van der Waals surface area (Å²) in [5.41, 5.74) is 1.16. The lowest BCUT2D eigenvalue weighted by Crippen LogP contribution is -2.19. The van der Waals surface area contributed by atoms with Crippen LogP contribution in [-0.4, -0.2) is 11.0 Å². The van der Waals surface area contributed by atoms with Crippen LogP contribution in [-0.2, 0) is 0 Å². The molecule has 2 aromatic rings. The van der Waals surface area contributed by atoms with Gasteiger partial charge in [-0.2, -0.15) is 5.26 Å².